The van der Waals surface area contributed by atoms with Crippen molar-refractivity contribution < 1.29 is 4.42 Å². The van der Waals surface area contributed by atoms with Gasteiger partial charge in [0.15, 0.2) is 0 Å². The van der Waals surface area contributed by atoms with Gasteiger partial charge in [0, 0.05) is 16.9 Å². The van der Waals surface area contributed by atoms with E-state index in [0.29, 0.717) is 0 Å². The Bertz CT molecular complexity index is 1080. The zero-order chi connectivity index (χ0) is 17.5. The molecular weight excluding hydrogens is 318 g/mol. The molecule has 2 heteroatoms. The van der Waals surface area contributed by atoms with Crippen LogP contribution in [0.5, 0.6) is 0 Å². The minimum absolute atomic E-state index is 0.867. The molecule has 0 bridgehead atoms. The maximum atomic E-state index is 5.84. The van der Waals surface area contributed by atoms with Crippen molar-refractivity contribution in [1.29, 1.82) is 0 Å². The van der Waals surface area contributed by atoms with Crippen LogP contribution in [0.4, 0.5) is 17.3 Å². The molecule has 0 aliphatic heterocycles. The molecule has 0 fully saturated rings. The molecule has 1 aromatic heterocycles. The van der Waals surface area contributed by atoms with Crippen molar-refractivity contribution >= 4 is 17.3 Å². The smallest absolute Gasteiger partial charge is 0.207 e. The summed E-state index contributed by atoms with van der Waals surface area (Å²) in [6.45, 7) is 2.08. The lowest BCUT2D eigenvalue weighted by molar-refractivity contribution is 0.572. The fraction of sp³-hybridized carbons (Fsp3) is 0.0833. The lowest BCUT2D eigenvalue weighted by Crippen LogP contribution is -2.10. The number of benzene rings is 3. The van der Waals surface area contributed by atoms with Gasteiger partial charge in [0.05, 0.1) is 6.26 Å². The molecule has 3 aromatic carbocycles. The number of para-hydroxylation sites is 1. The van der Waals surface area contributed by atoms with E-state index in [4.69, 9.17) is 4.42 Å². The van der Waals surface area contributed by atoms with Crippen molar-refractivity contribution in [2.24, 2.45) is 0 Å². The van der Waals surface area contributed by atoms with Gasteiger partial charge in [0.1, 0.15) is 0 Å². The van der Waals surface area contributed by atoms with Gasteiger partial charge in [-0.1, -0.05) is 48.5 Å². The number of aryl methyl sites for hydroxylation is 1. The van der Waals surface area contributed by atoms with Crippen LogP contribution in [0.2, 0.25) is 0 Å². The van der Waals surface area contributed by atoms with Crippen molar-refractivity contribution in [1.82, 2.24) is 0 Å². The second-order valence-corrected chi connectivity index (χ2v) is 6.76. The molecule has 0 N–H and O–H groups in total. The number of nitrogens with zero attached hydrogens (tertiary/aromatic N) is 1. The second kappa shape index (κ2) is 5.92. The number of anilines is 3. The topological polar surface area (TPSA) is 16.4 Å². The predicted molar refractivity (Wildman–Crippen MR) is 106 cm³/mol. The van der Waals surface area contributed by atoms with E-state index in [1.165, 1.54) is 22.3 Å². The van der Waals surface area contributed by atoms with Gasteiger partial charge in [-0.3, -0.25) is 4.90 Å². The number of rotatable bonds is 3. The third kappa shape index (κ3) is 2.34. The van der Waals surface area contributed by atoms with Crippen LogP contribution in [0.1, 0.15) is 16.7 Å². The van der Waals surface area contributed by atoms with E-state index in [9.17, 15) is 0 Å². The number of hydrogen-bond acceptors (Lipinski definition) is 2. The summed E-state index contributed by atoms with van der Waals surface area (Å²) in [6.07, 6.45) is 2.74. The van der Waals surface area contributed by atoms with Crippen LogP contribution in [0, 0.1) is 6.92 Å². The molecule has 1 aliphatic rings. The van der Waals surface area contributed by atoms with Crippen molar-refractivity contribution in [3.8, 4) is 11.1 Å². The summed E-state index contributed by atoms with van der Waals surface area (Å²) in [5, 5.41) is 0. The van der Waals surface area contributed by atoms with E-state index in [0.717, 1.165) is 29.2 Å². The van der Waals surface area contributed by atoms with Gasteiger partial charge in [0.2, 0.25) is 5.88 Å². The molecule has 1 heterocycles. The first-order valence-electron chi connectivity index (χ1n) is 8.92. The van der Waals surface area contributed by atoms with Crippen molar-refractivity contribution in [3.05, 3.63) is 102 Å². The summed E-state index contributed by atoms with van der Waals surface area (Å²) in [4.78, 5) is 2.19. The predicted octanol–water partition coefficient (Wildman–Crippen LogP) is 6.63. The average Bonchev–Trinajstić information content (AvgIpc) is 3.26. The van der Waals surface area contributed by atoms with E-state index >= 15 is 0 Å². The normalized spacial score (nSPS) is 11.9. The van der Waals surface area contributed by atoms with Gasteiger partial charge in [0.25, 0.3) is 0 Å². The second-order valence-electron chi connectivity index (χ2n) is 6.76. The minimum Gasteiger partial charge on any atom is -0.448 e. The van der Waals surface area contributed by atoms with E-state index < -0.39 is 0 Å². The van der Waals surface area contributed by atoms with Crippen LogP contribution >= 0.6 is 0 Å². The van der Waals surface area contributed by atoms with Gasteiger partial charge < -0.3 is 4.42 Å². The molecule has 1 aliphatic carbocycles. The number of hydrogen-bond donors (Lipinski definition) is 0. The third-order valence-corrected chi connectivity index (χ3v) is 5.09. The Kier molecular flexibility index (Phi) is 3.42. The van der Waals surface area contributed by atoms with Crippen LogP contribution in [0.25, 0.3) is 11.1 Å². The standard InChI is InChI=1S/C24H19NO/c1-17-13-14-26-24(17)25(20-8-3-2-4-9-20)21-11-12-23-19(16-21)15-18-7-5-6-10-22(18)23/h2-14,16H,15H2,1H3. The Morgan fingerprint density at radius 1 is 0.731 bits per heavy atom. The number of fused-ring (bicyclic) bond motifs is 3. The summed E-state index contributed by atoms with van der Waals surface area (Å²) in [5.74, 6) is 0.867. The van der Waals surface area contributed by atoms with Crippen LogP contribution in [-0.2, 0) is 6.42 Å². The Hall–Kier alpha value is -3.26. The highest BCUT2D eigenvalue weighted by Crippen LogP contribution is 2.42. The largest absolute Gasteiger partial charge is 0.448 e. The fourth-order valence-corrected chi connectivity index (χ4v) is 3.83. The molecule has 126 valence electrons. The Labute approximate surface area is 153 Å². The summed E-state index contributed by atoms with van der Waals surface area (Å²) in [7, 11) is 0. The van der Waals surface area contributed by atoms with E-state index in [1.54, 1.807) is 6.26 Å². The van der Waals surface area contributed by atoms with Crippen molar-refractivity contribution in [2.75, 3.05) is 4.90 Å². The lowest BCUT2D eigenvalue weighted by Gasteiger charge is -2.24. The van der Waals surface area contributed by atoms with Gasteiger partial charge in [-0.05, 0) is 65.9 Å². The summed E-state index contributed by atoms with van der Waals surface area (Å²) >= 11 is 0. The highest BCUT2D eigenvalue weighted by Gasteiger charge is 2.22. The van der Waals surface area contributed by atoms with Crippen LogP contribution in [0.15, 0.2) is 89.5 Å². The van der Waals surface area contributed by atoms with Gasteiger partial charge in [-0.15, -0.1) is 0 Å². The molecule has 26 heavy (non-hydrogen) atoms. The molecule has 0 unspecified atom stereocenters. The summed E-state index contributed by atoms with van der Waals surface area (Å²) in [6, 6.07) is 27.8. The minimum atomic E-state index is 0.867. The van der Waals surface area contributed by atoms with Crippen LogP contribution in [-0.4, -0.2) is 0 Å². The monoisotopic (exact) mass is 337 g/mol. The highest BCUT2D eigenvalue weighted by molar-refractivity contribution is 5.82. The SMILES string of the molecule is Cc1ccoc1N(c1ccccc1)c1ccc2c(c1)Cc1ccccc1-2. The molecule has 2 nitrogen and oxygen atoms in total. The van der Waals surface area contributed by atoms with E-state index in [2.05, 4.69) is 78.6 Å². The van der Waals surface area contributed by atoms with Crippen LogP contribution in [0.3, 0.4) is 0 Å². The molecule has 0 radical (unpaired) electrons. The van der Waals surface area contributed by atoms with Gasteiger partial charge in [-0.25, -0.2) is 0 Å². The van der Waals surface area contributed by atoms with E-state index in [1.807, 2.05) is 12.1 Å². The Morgan fingerprint density at radius 2 is 1.50 bits per heavy atom. The van der Waals surface area contributed by atoms with E-state index in [-0.39, 0.29) is 0 Å². The molecule has 0 saturated heterocycles. The molecule has 0 saturated carbocycles. The zero-order valence-corrected chi connectivity index (χ0v) is 14.6. The molecule has 0 atom stereocenters. The van der Waals surface area contributed by atoms with Gasteiger partial charge in [-0.2, -0.15) is 0 Å². The first-order chi connectivity index (χ1) is 12.8. The third-order valence-electron chi connectivity index (χ3n) is 5.09. The number of furan rings is 1. The fourth-order valence-electron chi connectivity index (χ4n) is 3.83. The first kappa shape index (κ1) is 15.0. The molecular formula is C24H19NO. The molecule has 0 amide bonds. The first-order valence-corrected chi connectivity index (χ1v) is 8.92. The zero-order valence-electron chi connectivity index (χ0n) is 14.6. The molecule has 4 aromatic rings. The Morgan fingerprint density at radius 3 is 2.31 bits per heavy atom. The lowest BCUT2D eigenvalue weighted by atomic mass is 10.0. The average molecular weight is 337 g/mol. The van der Waals surface area contributed by atoms with Crippen LogP contribution < -0.4 is 4.90 Å². The molecule has 0 spiro atoms. The summed E-state index contributed by atoms with van der Waals surface area (Å²) in [5.41, 5.74) is 8.82. The summed E-state index contributed by atoms with van der Waals surface area (Å²) < 4.78 is 5.84. The maximum Gasteiger partial charge on any atom is 0.207 e. The quantitative estimate of drug-likeness (QED) is 0.367. The maximum absolute atomic E-state index is 5.84. The molecule has 5 rings (SSSR count). The van der Waals surface area contributed by atoms with Gasteiger partial charge >= 0.3 is 0 Å². The van der Waals surface area contributed by atoms with Crippen molar-refractivity contribution in [2.45, 2.75) is 13.3 Å². The highest BCUT2D eigenvalue weighted by atomic mass is 16.3. The van der Waals surface area contributed by atoms with Crippen molar-refractivity contribution in [3.63, 3.8) is 0 Å². The Balaban J connectivity index is 1.65.